The Kier molecular flexibility index (Phi) is 3.04. The van der Waals surface area contributed by atoms with Crippen molar-refractivity contribution in [3.63, 3.8) is 0 Å². The molecule has 4 nitrogen and oxygen atoms in total. The van der Waals surface area contributed by atoms with Crippen LogP contribution in [0, 0.1) is 0 Å². The summed E-state index contributed by atoms with van der Waals surface area (Å²) in [7, 11) is 0. The van der Waals surface area contributed by atoms with E-state index in [1.54, 1.807) is 0 Å². The van der Waals surface area contributed by atoms with Crippen molar-refractivity contribution in [2.45, 2.75) is 6.18 Å². The van der Waals surface area contributed by atoms with Gasteiger partial charge < -0.3 is 5.73 Å². The van der Waals surface area contributed by atoms with Crippen LogP contribution in [-0.2, 0) is 6.18 Å². The second-order valence-corrected chi connectivity index (χ2v) is 3.83. The summed E-state index contributed by atoms with van der Waals surface area (Å²) in [5.74, 6) is 0.252. The summed E-state index contributed by atoms with van der Waals surface area (Å²) in [6.07, 6.45) is -0.531. The molecule has 2 heterocycles. The number of halogens is 3. The minimum Gasteiger partial charge on any atom is -0.387 e. The summed E-state index contributed by atoms with van der Waals surface area (Å²) < 4.78 is 39.0. The number of hydrogen-bond donors (Lipinski definition) is 1. The molecular weight excluding hydrogens is 265 g/mol. The van der Waals surface area contributed by atoms with Crippen molar-refractivity contribution in [2.24, 2.45) is 5.73 Å². The van der Waals surface area contributed by atoms with E-state index < -0.39 is 11.7 Å². The molecule has 0 aromatic carbocycles. The Hall–Kier alpha value is -1.96. The molecule has 0 saturated carbocycles. The normalized spacial score (nSPS) is 11.5. The molecule has 8 heteroatoms. The number of hydrogen-bond acceptors (Lipinski definition) is 3. The van der Waals surface area contributed by atoms with Gasteiger partial charge in [0.2, 0.25) is 0 Å². The standard InChI is InChI=1S/C10H7F3N4S/c11-10(12,13)6-1-2-15-7(5-6)17-4-3-16-9(17)8(14)18/h1-5H,(H2,14,18). The van der Waals surface area contributed by atoms with Gasteiger partial charge in [0.1, 0.15) is 10.8 Å². The van der Waals surface area contributed by atoms with Crippen LogP contribution in [-0.4, -0.2) is 19.5 Å². The molecule has 2 aromatic heterocycles. The number of pyridine rings is 1. The molecule has 2 rings (SSSR count). The van der Waals surface area contributed by atoms with Gasteiger partial charge in [-0.2, -0.15) is 13.2 Å². The molecule has 0 radical (unpaired) electrons. The summed E-state index contributed by atoms with van der Waals surface area (Å²) in [5, 5.41) is 0. The molecule has 0 fully saturated rings. The molecule has 0 aliphatic heterocycles. The Morgan fingerprint density at radius 3 is 2.61 bits per heavy atom. The molecule has 0 spiro atoms. The van der Waals surface area contributed by atoms with Crippen LogP contribution in [0.4, 0.5) is 13.2 Å². The fraction of sp³-hybridized carbons (Fsp3) is 0.100. The van der Waals surface area contributed by atoms with Crippen molar-refractivity contribution in [3.05, 3.63) is 42.1 Å². The molecular formula is C10H7F3N4S. The molecule has 0 saturated heterocycles. The van der Waals surface area contributed by atoms with Gasteiger partial charge in [0.15, 0.2) is 5.82 Å². The minimum atomic E-state index is -4.43. The zero-order valence-corrected chi connectivity index (χ0v) is 9.66. The third-order valence-electron chi connectivity index (χ3n) is 2.18. The first-order chi connectivity index (χ1) is 8.39. The maximum atomic E-state index is 12.6. The summed E-state index contributed by atoms with van der Waals surface area (Å²) in [6, 6.07) is 1.80. The summed E-state index contributed by atoms with van der Waals surface area (Å²) >= 11 is 4.75. The predicted octanol–water partition coefficient (Wildman–Crippen LogP) is 1.92. The number of thiocarbonyl (C=S) groups is 1. The second-order valence-electron chi connectivity index (χ2n) is 3.39. The SMILES string of the molecule is NC(=S)c1nccn1-c1cc(C(F)(F)F)ccn1. The van der Waals surface area contributed by atoms with E-state index in [4.69, 9.17) is 18.0 Å². The number of nitrogens with zero attached hydrogens (tertiary/aromatic N) is 3. The number of imidazole rings is 1. The lowest BCUT2D eigenvalue weighted by atomic mass is 10.2. The summed E-state index contributed by atoms with van der Waals surface area (Å²) in [4.78, 5) is 7.69. The highest BCUT2D eigenvalue weighted by molar-refractivity contribution is 7.80. The number of alkyl halides is 3. The van der Waals surface area contributed by atoms with Gasteiger partial charge in [-0.1, -0.05) is 12.2 Å². The largest absolute Gasteiger partial charge is 0.416 e. The third-order valence-corrected chi connectivity index (χ3v) is 2.36. The first-order valence-electron chi connectivity index (χ1n) is 4.76. The van der Waals surface area contributed by atoms with Crippen LogP contribution in [0.5, 0.6) is 0 Å². The van der Waals surface area contributed by atoms with Crippen molar-refractivity contribution in [1.82, 2.24) is 14.5 Å². The minimum absolute atomic E-state index is 0.0146. The average molecular weight is 272 g/mol. The van der Waals surface area contributed by atoms with E-state index in [0.29, 0.717) is 0 Å². The van der Waals surface area contributed by atoms with E-state index in [1.165, 1.54) is 17.0 Å². The van der Waals surface area contributed by atoms with Crippen molar-refractivity contribution < 1.29 is 13.2 Å². The van der Waals surface area contributed by atoms with E-state index in [1.807, 2.05) is 0 Å². The number of nitrogens with two attached hydrogens (primary N) is 1. The Morgan fingerprint density at radius 2 is 2.00 bits per heavy atom. The van der Waals surface area contributed by atoms with Gasteiger partial charge in [0.25, 0.3) is 0 Å². The van der Waals surface area contributed by atoms with Gasteiger partial charge in [0, 0.05) is 18.6 Å². The Bertz CT molecular complexity index is 591. The molecule has 0 aliphatic rings. The van der Waals surface area contributed by atoms with Crippen molar-refractivity contribution in [3.8, 4) is 5.82 Å². The smallest absolute Gasteiger partial charge is 0.387 e. The Morgan fingerprint density at radius 1 is 1.28 bits per heavy atom. The molecule has 0 amide bonds. The molecule has 2 aromatic rings. The molecule has 2 N–H and O–H groups in total. The number of rotatable bonds is 2. The van der Waals surface area contributed by atoms with Crippen LogP contribution in [0.25, 0.3) is 5.82 Å². The number of aromatic nitrogens is 3. The van der Waals surface area contributed by atoms with Crippen LogP contribution in [0.1, 0.15) is 11.4 Å². The molecule has 0 atom stereocenters. The molecule has 0 unspecified atom stereocenters. The van der Waals surface area contributed by atoms with E-state index in [-0.39, 0.29) is 16.6 Å². The van der Waals surface area contributed by atoms with Crippen LogP contribution >= 0.6 is 12.2 Å². The lowest BCUT2D eigenvalue weighted by molar-refractivity contribution is -0.137. The van der Waals surface area contributed by atoms with Crippen molar-refractivity contribution >= 4 is 17.2 Å². The van der Waals surface area contributed by atoms with Gasteiger partial charge in [-0.05, 0) is 12.1 Å². The highest BCUT2D eigenvalue weighted by Crippen LogP contribution is 2.29. The molecule has 94 valence electrons. The van der Waals surface area contributed by atoms with Crippen LogP contribution < -0.4 is 5.73 Å². The van der Waals surface area contributed by atoms with E-state index in [2.05, 4.69) is 9.97 Å². The molecule has 0 aliphatic carbocycles. The second kappa shape index (κ2) is 4.37. The van der Waals surface area contributed by atoms with Gasteiger partial charge in [-0.25, -0.2) is 9.97 Å². The van der Waals surface area contributed by atoms with E-state index in [0.717, 1.165) is 18.3 Å². The third kappa shape index (κ3) is 2.33. The molecule has 0 bridgehead atoms. The summed E-state index contributed by atoms with van der Waals surface area (Å²) in [5.41, 5.74) is 4.62. The highest BCUT2D eigenvalue weighted by Gasteiger charge is 2.31. The topological polar surface area (TPSA) is 56.7 Å². The quantitative estimate of drug-likeness (QED) is 0.849. The fourth-order valence-corrected chi connectivity index (χ4v) is 1.55. The maximum absolute atomic E-state index is 12.6. The monoisotopic (exact) mass is 272 g/mol. The first-order valence-corrected chi connectivity index (χ1v) is 5.17. The Balaban J connectivity index is 2.52. The zero-order chi connectivity index (χ0) is 13.3. The van der Waals surface area contributed by atoms with Crippen molar-refractivity contribution in [2.75, 3.05) is 0 Å². The lowest BCUT2D eigenvalue weighted by Gasteiger charge is -2.09. The van der Waals surface area contributed by atoms with Crippen LogP contribution in [0.3, 0.4) is 0 Å². The molecule has 18 heavy (non-hydrogen) atoms. The zero-order valence-electron chi connectivity index (χ0n) is 8.85. The first kappa shape index (κ1) is 12.5. The Labute approximate surface area is 105 Å². The lowest BCUT2D eigenvalue weighted by Crippen LogP contribution is -2.17. The highest BCUT2D eigenvalue weighted by atomic mass is 32.1. The predicted molar refractivity (Wildman–Crippen MR) is 62.2 cm³/mol. The van der Waals surface area contributed by atoms with E-state index >= 15 is 0 Å². The van der Waals surface area contributed by atoms with Crippen LogP contribution in [0.15, 0.2) is 30.7 Å². The van der Waals surface area contributed by atoms with Gasteiger partial charge in [0.05, 0.1) is 5.56 Å². The van der Waals surface area contributed by atoms with Gasteiger partial charge in [-0.3, -0.25) is 4.57 Å². The van der Waals surface area contributed by atoms with Crippen molar-refractivity contribution in [1.29, 1.82) is 0 Å². The van der Waals surface area contributed by atoms with Crippen LogP contribution in [0.2, 0.25) is 0 Å². The van der Waals surface area contributed by atoms with Gasteiger partial charge >= 0.3 is 6.18 Å². The summed E-state index contributed by atoms with van der Waals surface area (Å²) in [6.45, 7) is 0. The van der Waals surface area contributed by atoms with E-state index in [9.17, 15) is 13.2 Å². The maximum Gasteiger partial charge on any atom is 0.416 e. The fourth-order valence-electron chi connectivity index (χ4n) is 1.40. The van der Waals surface area contributed by atoms with Gasteiger partial charge in [-0.15, -0.1) is 0 Å². The average Bonchev–Trinajstić information content (AvgIpc) is 2.77.